The van der Waals surface area contributed by atoms with Gasteiger partial charge in [-0.3, -0.25) is 4.79 Å². The Kier molecular flexibility index (Phi) is 6.40. The second-order valence-electron chi connectivity index (χ2n) is 4.48. The third-order valence-corrected chi connectivity index (χ3v) is 4.65. The van der Waals surface area contributed by atoms with Crippen LogP contribution in [-0.2, 0) is 9.84 Å². The lowest BCUT2D eigenvalue weighted by Crippen LogP contribution is -2.29. The number of sulfone groups is 1. The summed E-state index contributed by atoms with van der Waals surface area (Å²) in [6.07, 6.45) is 0. The van der Waals surface area contributed by atoms with Gasteiger partial charge in [0.05, 0.1) is 5.75 Å². The van der Waals surface area contributed by atoms with Gasteiger partial charge in [0.2, 0.25) is 0 Å². The van der Waals surface area contributed by atoms with E-state index < -0.39 is 9.84 Å². The molecule has 1 amide bonds. The van der Waals surface area contributed by atoms with Crippen molar-refractivity contribution < 1.29 is 18.3 Å². The van der Waals surface area contributed by atoms with Gasteiger partial charge in [-0.15, -0.1) is 0 Å². The molecule has 6 heteroatoms. The van der Waals surface area contributed by atoms with Crippen molar-refractivity contribution in [1.29, 1.82) is 0 Å². The van der Waals surface area contributed by atoms with E-state index >= 15 is 0 Å². The van der Waals surface area contributed by atoms with Crippen LogP contribution in [0, 0.1) is 18.8 Å². The number of aryl methyl sites for hydroxylation is 1. The van der Waals surface area contributed by atoms with E-state index in [1.54, 1.807) is 25.1 Å². The summed E-state index contributed by atoms with van der Waals surface area (Å²) in [6.45, 7) is 3.27. The molecule has 2 N–H and O–H groups in total. The molecule has 0 unspecified atom stereocenters. The number of aliphatic hydroxyl groups excluding tert-OH is 1. The molecule has 0 bridgehead atoms. The minimum Gasteiger partial charge on any atom is -0.384 e. The van der Waals surface area contributed by atoms with Crippen LogP contribution in [0.4, 0.5) is 0 Å². The highest BCUT2D eigenvalue weighted by atomic mass is 32.2. The van der Waals surface area contributed by atoms with Crippen LogP contribution in [0.25, 0.3) is 0 Å². The van der Waals surface area contributed by atoms with Gasteiger partial charge in [0.1, 0.15) is 6.61 Å². The van der Waals surface area contributed by atoms with Crippen LogP contribution in [0.2, 0.25) is 0 Å². The molecule has 1 aromatic carbocycles. The van der Waals surface area contributed by atoms with E-state index in [1.807, 2.05) is 6.92 Å². The summed E-state index contributed by atoms with van der Waals surface area (Å²) in [5.74, 6) is 4.96. The van der Waals surface area contributed by atoms with Crippen LogP contribution in [0.15, 0.2) is 18.2 Å². The molecule has 0 aliphatic heterocycles. The molecule has 1 aromatic rings. The van der Waals surface area contributed by atoms with Gasteiger partial charge >= 0.3 is 0 Å². The van der Waals surface area contributed by atoms with Crippen LogP contribution < -0.4 is 5.32 Å². The number of aliphatic hydroxyl groups is 1. The first-order chi connectivity index (χ1) is 9.89. The van der Waals surface area contributed by atoms with E-state index in [0.29, 0.717) is 11.1 Å². The third-order valence-electron chi connectivity index (χ3n) is 2.94. The summed E-state index contributed by atoms with van der Waals surface area (Å²) in [5.41, 5.74) is 1.98. The van der Waals surface area contributed by atoms with Crippen LogP contribution in [0.3, 0.4) is 0 Å². The average Bonchev–Trinajstić information content (AvgIpc) is 2.46. The maximum Gasteiger partial charge on any atom is 0.251 e. The number of carbonyl (C=O) groups is 1. The molecule has 0 saturated carbocycles. The summed E-state index contributed by atoms with van der Waals surface area (Å²) in [5, 5.41) is 11.3. The first-order valence-electron chi connectivity index (χ1n) is 6.58. The molecule has 5 nitrogen and oxygen atoms in total. The molecule has 21 heavy (non-hydrogen) atoms. The number of rotatable bonds is 5. The lowest BCUT2D eigenvalue weighted by molar-refractivity contribution is 0.0956. The van der Waals surface area contributed by atoms with E-state index in [4.69, 9.17) is 5.11 Å². The minimum absolute atomic E-state index is 0.0638. The van der Waals surface area contributed by atoms with Gasteiger partial charge in [0.15, 0.2) is 9.84 Å². The molecule has 0 heterocycles. The fourth-order valence-corrected chi connectivity index (χ4v) is 2.30. The Morgan fingerprint density at radius 3 is 2.71 bits per heavy atom. The molecular weight excluding hydrogens is 290 g/mol. The Morgan fingerprint density at radius 2 is 2.10 bits per heavy atom. The summed E-state index contributed by atoms with van der Waals surface area (Å²) in [4.78, 5) is 12.0. The molecule has 0 fully saturated rings. The molecule has 0 aromatic heterocycles. The van der Waals surface area contributed by atoms with Crippen molar-refractivity contribution in [3.8, 4) is 11.8 Å². The second kappa shape index (κ2) is 7.81. The topological polar surface area (TPSA) is 83.5 Å². The molecule has 1 rings (SSSR count). The summed E-state index contributed by atoms with van der Waals surface area (Å²) < 4.78 is 22.7. The van der Waals surface area contributed by atoms with Gasteiger partial charge in [-0.05, 0) is 24.6 Å². The molecule has 0 atom stereocenters. The Hall–Kier alpha value is -1.84. The van der Waals surface area contributed by atoms with Crippen molar-refractivity contribution >= 4 is 15.7 Å². The Morgan fingerprint density at radius 1 is 1.38 bits per heavy atom. The van der Waals surface area contributed by atoms with Gasteiger partial charge in [0, 0.05) is 23.4 Å². The zero-order valence-corrected chi connectivity index (χ0v) is 13.0. The molecular formula is C15H19NO4S. The van der Waals surface area contributed by atoms with E-state index in [1.165, 1.54) is 0 Å². The highest BCUT2D eigenvalue weighted by molar-refractivity contribution is 7.91. The quantitative estimate of drug-likeness (QED) is 0.776. The monoisotopic (exact) mass is 309 g/mol. The predicted octanol–water partition coefficient (Wildman–Crippen LogP) is 0.503. The smallest absolute Gasteiger partial charge is 0.251 e. The fraction of sp³-hybridized carbons (Fsp3) is 0.400. The summed E-state index contributed by atoms with van der Waals surface area (Å²) in [6, 6.07) is 5.05. The maximum atomic E-state index is 12.0. The largest absolute Gasteiger partial charge is 0.384 e. The number of carbonyl (C=O) groups excluding carboxylic acids is 1. The molecule has 114 valence electrons. The normalized spacial score (nSPS) is 10.6. The Labute approximate surface area is 125 Å². The number of nitrogens with one attached hydrogen (secondary N) is 1. The number of hydrogen-bond donors (Lipinski definition) is 2. The van der Waals surface area contributed by atoms with Gasteiger partial charge in [-0.25, -0.2) is 8.42 Å². The van der Waals surface area contributed by atoms with Crippen molar-refractivity contribution in [1.82, 2.24) is 5.32 Å². The zero-order valence-electron chi connectivity index (χ0n) is 12.1. The van der Waals surface area contributed by atoms with Crippen LogP contribution in [0.5, 0.6) is 0 Å². The number of hydrogen-bond acceptors (Lipinski definition) is 4. The van der Waals surface area contributed by atoms with Crippen molar-refractivity contribution in [2.24, 2.45) is 0 Å². The maximum absolute atomic E-state index is 12.0. The van der Waals surface area contributed by atoms with Crippen LogP contribution in [0.1, 0.15) is 28.4 Å². The SMILES string of the molecule is CCS(=O)(=O)CCNC(=O)c1ccc(C)c(C#CCO)c1. The van der Waals surface area contributed by atoms with Crippen molar-refractivity contribution in [2.45, 2.75) is 13.8 Å². The van der Waals surface area contributed by atoms with Gasteiger partial charge < -0.3 is 10.4 Å². The van der Waals surface area contributed by atoms with E-state index in [9.17, 15) is 13.2 Å². The Balaban J connectivity index is 2.75. The first-order valence-corrected chi connectivity index (χ1v) is 8.40. The number of benzene rings is 1. The standard InChI is InChI=1S/C15H19NO4S/c1-3-21(19,20)10-8-16-15(18)14-7-6-12(2)13(11-14)5-4-9-17/h6-7,11,17H,3,8-10H2,1-2H3,(H,16,18). The summed E-state index contributed by atoms with van der Waals surface area (Å²) >= 11 is 0. The second-order valence-corrected chi connectivity index (χ2v) is 6.95. The van der Waals surface area contributed by atoms with E-state index in [0.717, 1.165) is 5.56 Å². The van der Waals surface area contributed by atoms with Crippen LogP contribution >= 0.6 is 0 Å². The van der Waals surface area contributed by atoms with Crippen LogP contribution in [-0.4, -0.2) is 44.1 Å². The number of amides is 1. The zero-order chi connectivity index (χ0) is 15.9. The van der Waals surface area contributed by atoms with Crippen molar-refractivity contribution in [3.05, 3.63) is 34.9 Å². The lowest BCUT2D eigenvalue weighted by Gasteiger charge is -2.07. The van der Waals surface area contributed by atoms with Crippen molar-refractivity contribution in [2.75, 3.05) is 24.7 Å². The average molecular weight is 309 g/mol. The molecule has 0 aliphatic rings. The molecule has 0 radical (unpaired) electrons. The van der Waals surface area contributed by atoms with Gasteiger partial charge in [0.25, 0.3) is 5.91 Å². The fourth-order valence-electron chi connectivity index (χ4n) is 1.60. The lowest BCUT2D eigenvalue weighted by atomic mass is 10.0. The minimum atomic E-state index is -3.09. The van der Waals surface area contributed by atoms with E-state index in [2.05, 4.69) is 17.2 Å². The van der Waals surface area contributed by atoms with Crippen molar-refractivity contribution in [3.63, 3.8) is 0 Å². The highest BCUT2D eigenvalue weighted by Crippen LogP contribution is 2.10. The van der Waals surface area contributed by atoms with Gasteiger partial charge in [-0.1, -0.05) is 24.8 Å². The highest BCUT2D eigenvalue weighted by Gasteiger charge is 2.10. The Bertz CT molecular complexity index is 669. The molecule has 0 saturated heterocycles. The van der Waals surface area contributed by atoms with E-state index in [-0.39, 0.29) is 30.6 Å². The molecule has 0 spiro atoms. The first kappa shape index (κ1) is 17.2. The predicted molar refractivity (Wildman–Crippen MR) is 81.8 cm³/mol. The molecule has 0 aliphatic carbocycles. The van der Waals surface area contributed by atoms with Gasteiger partial charge in [-0.2, -0.15) is 0 Å². The summed E-state index contributed by atoms with van der Waals surface area (Å²) in [7, 11) is -3.09. The third kappa shape index (κ3) is 5.58.